The molecule has 0 aromatic heterocycles. The summed E-state index contributed by atoms with van der Waals surface area (Å²) in [5.41, 5.74) is 3.03. The van der Waals surface area contributed by atoms with Crippen LogP contribution in [0.4, 0.5) is 0 Å². The third kappa shape index (κ3) is 2.12. The van der Waals surface area contributed by atoms with E-state index in [-0.39, 0.29) is 0 Å². The molecule has 0 bridgehead atoms. The highest BCUT2D eigenvalue weighted by molar-refractivity contribution is 7.98. The number of thioether (sulfide) groups is 1. The van der Waals surface area contributed by atoms with Gasteiger partial charge < -0.3 is 5.32 Å². The fraction of sp³-hybridized carbons (Fsp3) is 0.500. The zero-order chi connectivity index (χ0) is 9.80. The quantitative estimate of drug-likeness (QED) is 0.800. The molecule has 1 nitrogen and oxygen atoms in total. The topological polar surface area (TPSA) is 12.0 Å². The molecule has 2 heteroatoms. The average molecular weight is 207 g/mol. The van der Waals surface area contributed by atoms with Gasteiger partial charge in [-0.2, -0.15) is 11.8 Å². The molecule has 1 unspecified atom stereocenters. The molecule has 1 atom stereocenters. The van der Waals surface area contributed by atoms with Crippen LogP contribution in [-0.4, -0.2) is 12.3 Å². The van der Waals surface area contributed by atoms with Crippen LogP contribution in [-0.2, 0) is 5.75 Å². The highest BCUT2D eigenvalue weighted by atomic mass is 32.2. The lowest BCUT2D eigenvalue weighted by Gasteiger charge is -2.17. The minimum absolute atomic E-state index is 0.575. The molecule has 1 N–H and O–H groups in total. The summed E-state index contributed by atoms with van der Waals surface area (Å²) in [6.45, 7) is 3.24. The van der Waals surface area contributed by atoms with Gasteiger partial charge in [-0.1, -0.05) is 31.2 Å². The maximum absolute atomic E-state index is 3.57. The van der Waals surface area contributed by atoms with Gasteiger partial charge in [-0.25, -0.2) is 0 Å². The number of rotatable bonds is 2. The largest absolute Gasteiger partial charge is 0.310 e. The molecule has 1 aromatic rings. The van der Waals surface area contributed by atoms with E-state index < -0.39 is 0 Å². The van der Waals surface area contributed by atoms with E-state index in [9.17, 15) is 0 Å². The predicted molar refractivity (Wildman–Crippen MR) is 63.6 cm³/mol. The SMILES string of the molecule is CCNC1CCSCc2ccccc21. The molecule has 0 saturated heterocycles. The fourth-order valence-electron chi connectivity index (χ4n) is 2.00. The summed E-state index contributed by atoms with van der Waals surface area (Å²) in [5, 5.41) is 3.57. The van der Waals surface area contributed by atoms with Gasteiger partial charge in [0.05, 0.1) is 0 Å². The first-order chi connectivity index (χ1) is 6.92. The molecule has 0 aliphatic carbocycles. The van der Waals surface area contributed by atoms with Crippen molar-refractivity contribution in [1.82, 2.24) is 5.32 Å². The number of hydrogen-bond acceptors (Lipinski definition) is 2. The van der Waals surface area contributed by atoms with E-state index in [2.05, 4.69) is 36.5 Å². The Morgan fingerprint density at radius 2 is 2.29 bits per heavy atom. The van der Waals surface area contributed by atoms with Gasteiger partial charge in [-0.15, -0.1) is 0 Å². The Morgan fingerprint density at radius 1 is 1.43 bits per heavy atom. The average Bonchev–Trinajstić information content (AvgIpc) is 2.42. The van der Waals surface area contributed by atoms with E-state index in [0.29, 0.717) is 6.04 Å². The minimum Gasteiger partial charge on any atom is -0.310 e. The summed E-state index contributed by atoms with van der Waals surface area (Å²) in [5.74, 6) is 2.45. The van der Waals surface area contributed by atoms with Crippen molar-refractivity contribution < 1.29 is 0 Å². The second-order valence-electron chi connectivity index (χ2n) is 3.65. The van der Waals surface area contributed by atoms with Crippen molar-refractivity contribution in [1.29, 1.82) is 0 Å². The molecule has 0 radical (unpaired) electrons. The van der Waals surface area contributed by atoms with Crippen LogP contribution in [0.25, 0.3) is 0 Å². The molecule has 76 valence electrons. The van der Waals surface area contributed by atoms with Gasteiger partial charge in [-0.05, 0) is 29.8 Å². The zero-order valence-corrected chi connectivity index (χ0v) is 9.44. The fourth-order valence-corrected chi connectivity index (χ4v) is 3.03. The lowest BCUT2D eigenvalue weighted by atomic mass is 9.99. The predicted octanol–water partition coefficient (Wildman–Crippen LogP) is 2.97. The van der Waals surface area contributed by atoms with Crippen molar-refractivity contribution >= 4 is 11.8 Å². The summed E-state index contributed by atoms with van der Waals surface area (Å²) < 4.78 is 0. The second-order valence-corrected chi connectivity index (χ2v) is 4.76. The lowest BCUT2D eigenvalue weighted by molar-refractivity contribution is 0.541. The first-order valence-corrected chi connectivity index (χ1v) is 6.46. The van der Waals surface area contributed by atoms with Crippen LogP contribution in [0.1, 0.15) is 30.5 Å². The highest BCUT2D eigenvalue weighted by Gasteiger charge is 2.16. The number of hydrogen-bond donors (Lipinski definition) is 1. The molecule has 0 amide bonds. The number of nitrogens with one attached hydrogen (secondary N) is 1. The molecule has 1 aliphatic rings. The molecule has 0 saturated carbocycles. The summed E-state index contributed by atoms with van der Waals surface area (Å²) in [6.07, 6.45) is 1.26. The van der Waals surface area contributed by atoms with Crippen molar-refractivity contribution in [3.8, 4) is 0 Å². The first kappa shape index (κ1) is 10.1. The van der Waals surface area contributed by atoms with E-state index in [1.807, 2.05) is 11.8 Å². The van der Waals surface area contributed by atoms with E-state index in [1.165, 1.54) is 29.1 Å². The van der Waals surface area contributed by atoms with Gasteiger partial charge in [0.25, 0.3) is 0 Å². The maximum atomic E-state index is 3.57. The van der Waals surface area contributed by atoms with Crippen molar-refractivity contribution in [2.45, 2.75) is 25.1 Å². The van der Waals surface area contributed by atoms with Crippen LogP contribution in [0.3, 0.4) is 0 Å². The van der Waals surface area contributed by atoms with Gasteiger partial charge >= 0.3 is 0 Å². The van der Waals surface area contributed by atoms with Gasteiger partial charge in [0.1, 0.15) is 0 Å². The normalized spacial score (nSPS) is 21.4. The van der Waals surface area contributed by atoms with Gasteiger partial charge in [0.15, 0.2) is 0 Å². The number of fused-ring (bicyclic) bond motifs is 1. The van der Waals surface area contributed by atoms with E-state index in [1.54, 1.807) is 0 Å². The molecule has 0 fully saturated rings. The van der Waals surface area contributed by atoms with Gasteiger partial charge in [-0.3, -0.25) is 0 Å². The van der Waals surface area contributed by atoms with Crippen molar-refractivity contribution in [3.05, 3.63) is 35.4 Å². The Balaban J connectivity index is 2.27. The molecular formula is C12H17NS. The van der Waals surface area contributed by atoms with Crippen LogP contribution < -0.4 is 5.32 Å². The Kier molecular flexibility index (Phi) is 3.49. The van der Waals surface area contributed by atoms with Crippen LogP contribution in [0.2, 0.25) is 0 Å². The third-order valence-corrected chi connectivity index (χ3v) is 3.73. The Bertz CT molecular complexity index is 298. The van der Waals surface area contributed by atoms with Gasteiger partial charge in [0.2, 0.25) is 0 Å². The Labute approximate surface area is 90.3 Å². The molecule has 2 rings (SSSR count). The summed E-state index contributed by atoms with van der Waals surface area (Å²) in [7, 11) is 0. The van der Waals surface area contributed by atoms with Crippen LogP contribution >= 0.6 is 11.8 Å². The summed E-state index contributed by atoms with van der Waals surface area (Å²) >= 11 is 2.05. The maximum Gasteiger partial charge on any atom is 0.0331 e. The molecule has 1 heterocycles. The Morgan fingerprint density at radius 3 is 3.14 bits per heavy atom. The van der Waals surface area contributed by atoms with Crippen molar-refractivity contribution in [2.75, 3.05) is 12.3 Å². The lowest BCUT2D eigenvalue weighted by Crippen LogP contribution is -2.21. The molecule has 0 spiro atoms. The van der Waals surface area contributed by atoms with Crippen LogP contribution in [0.15, 0.2) is 24.3 Å². The van der Waals surface area contributed by atoms with Crippen LogP contribution in [0, 0.1) is 0 Å². The van der Waals surface area contributed by atoms with Crippen LogP contribution in [0.5, 0.6) is 0 Å². The molecule has 1 aliphatic heterocycles. The van der Waals surface area contributed by atoms with E-state index >= 15 is 0 Å². The zero-order valence-electron chi connectivity index (χ0n) is 8.62. The first-order valence-electron chi connectivity index (χ1n) is 5.30. The highest BCUT2D eigenvalue weighted by Crippen LogP contribution is 2.30. The van der Waals surface area contributed by atoms with E-state index in [4.69, 9.17) is 0 Å². The third-order valence-electron chi connectivity index (χ3n) is 2.69. The smallest absolute Gasteiger partial charge is 0.0331 e. The van der Waals surface area contributed by atoms with Crippen molar-refractivity contribution in [3.63, 3.8) is 0 Å². The molecule has 1 aromatic carbocycles. The monoisotopic (exact) mass is 207 g/mol. The molecular weight excluding hydrogens is 190 g/mol. The van der Waals surface area contributed by atoms with Crippen molar-refractivity contribution in [2.24, 2.45) is 0 Å². The standard InChI is InChI=1S/C12H17NS/c1-2-13-12-7-8-14-9-10-5-3-4-6-11(10)12/h3-6,12-13H,2,7-9H2,1H3. The number of benzene rings is 1. The Hall–Kier alpha value is -0.470. The second kappa shape index (κ2) is 4.85. The summed E-state index contributed by atoms with van der Waals surface area (Å²) in [6, 6.07) is 9.41. The molecule has 14 heavy (non-hydrogen) atoms. The van der Waals surface area contributed by atoms with E-state index in [0.717, 1.165) is 6.54 Å². The van der Waals surface area contributed by atoms with Gasteiger partial charge in [0, 0.05) is 11.8 Å². The minimum atomic E-state index is 0.575. The summed E-state index contributed by atoms with van der Waals surface area (Å²) in [4.78, 5) is 0.